The Hall–Kier alpha value is -0.0500. The van der Waals surface area contributed by atoms with E-state index in [4.69, 9.17) is 16.3 Å². The van der Waals surface area contributed by atoms with Gasteiger partial charge < -0.3 is 4.74 Å². The van der Waals surface area contributed by atoms with E-state index in [2.05, 4.69) is 28.9 Å². The molecule has 1 saturated heterocycles. The standard InChI is InChI=1S/C14H18BrClO/c1-2-14-11(7-8-17-14)12(15)9-10-5-3-4-6-13(10)16/h3-6,11-12,14H,2,7-9H2,1H3. The Bertz CT molecular complexity index is 369. The van der Waals surface area contributed by atoms with Crippen molar-refractivity contribution in [3.05, 3.63) is 34.9 Å². The van der Waals surface area contributed by atoms with Crippen molar-refractivity contribution in [3.63, 3.8) is 0 Å². The number of ether oxygens (including phenoxy) is 1. The maximum atomic E-state index is 6.19. The lowest BCUT2D eigenvalue weighted by molar-refractivity contribution is 0.0873. The largest absolute Gasteiger partial charge is 0.378 e. The Morgan fingerprint density at radius 2 is 2.24 bits per heavy atom. The van der Waals surface area contributed by atoms with E-state index in [0.29, 0.717) is 16.8 Å². The van der Waals surface area contributed by atoms with Gasteiger partial charge in [-0.1, -0.05) is 52.7 Å². The number of halogens is 2. The molecule has 0 aromatic heterocycles. The first-order valence-electron chi connectivity index (χ1n) is 6.21. The van der Waals surface area contributed by atoms with Crippen LogP contribution in [0.25, 0.3) is 0 Å². The van der Waals surface area contributed by atoms with Gasteiger partial charge in [0.05, 0.1) is 6.10 Å². The average Bonchev–Trinajstić information content (AvgIpc) is 2.80. The van der Waals surface area contributed by atoms with Crippen LogP contribution in [0, 0.1) is 5.92 Å². The first-order chi connectivity index (χ1) is 8.22. The molecule has 0 N–H and O–H groups in total. The van der Waals surface area contributed by atoms with E-state index < -0.39 is 0 Å². The fraction of sp³-hybridized carbons (Fsp3) is 0.571. The van der Waals surface area contributed by atoms with E-state index in [-0.39, 0.29) is 0 Å². The molecule has 3 unspecified atom stereocenters. The summed E-state index contributed by atoms with van der Waals surface area (Å²) < 4.78 is 5.74. The molecule has 1 aliphatic heterocycles. The van der Waals surface area contributed by atoms with E-state index in [1.807, 2.05) is 18.2 Å². The molecule has 1 heterocycles. The summed E-state index contributed by atoms with van der Waals surface area (Å²) in [5.74, 6) is 0.608. The summed E-state index contributed by atoms with van der Waals surface area (Å²) in [6.45, 7) is 3.09. The Labute approximate surface area is 117 Å². The van der Waals surface area contributed by atoms with Gasteiger partial charge in [0, 0.05) is 22.4 Å². The second kappa shape index (κ2) is 6.21. The van der Waals surface area contributed by atoms with Crippen molar-refractivity contribution in [2.75, 3.05) is 6.61 Å². The number of hydrogen-bond donors (Lipinski definition) is 0. The van der Waals surface area contributed by atoms with Gasteiger partial charge in [-0.2, -0.15) is 0 Å². The van der Waals surface area contributed by atoms with Gasteiger partial charge in [-0.05, 0) is 30.9 Å². The fourth-order valence-corrected chi connectivity index (χ4v) is 3.69. The van der Waals surface area contributed by atoms with Gasteiger partial charge >= 0.3 is 0 Å². The minimum atomic E-state index is 0.405. The first kappa shape index (κ1) is 13.4. The molecule has 1 aliphatic rings. The minimum Gasteiger partial charge on any atom is -0.378 e. The van der Waals surface area contributed by atoms with Crippen molar-refractivity contribution in [2.24, 2.45) is 5.92 Å². The van der Waals surface area contributed by atoms with Crippen molar-refractivity contribution in [3.8, 4) is 0 Å². The van der Waals surface area contributed by atoms with Crippen LogP contribution in [0.3, 0.4) is 0 Å². The zero-order valence-corrected chi connectivity index (χ0v) is 12.4. The van der Waals surface area contributed by atoms with Crippen molar-refractivity contribution < 1.29 is 4.74 Å². The van der Waals surface area contributed by atoms with Crippen LogP contribution in [0.2, 0.25) is 5.02 Å². The summed E-state index contributed by atoms with van der Waals surface area (Å²) in [6.07, 6.45) is 3.63. The molecule has 2 rings (SSSR count). The van der Waals surface area contributed by atoms with Crippen LogP contribution < -0.4 is 0 Å². The molecule has 0 amide bonds. The Kier molecular flexibility index (Phi) is 4.89. The number of benzene rings is 1. The van der Waals surface area contributed by atoms with Crippen molar-refractivity contribution in [1.82, 2.24) is 0 Å². The minimum absolute atomic E-state index is 0.405. The second-order valence-electron chi connectivity index (χ2n) is 4.58. The Morgan fingerprint density at radius 3 is 2.94 bits per heavy atom. The molecule has 3 heteroatoms. The maximum Gasteiger partial charge on any atom is 0.0612 e. The van der Waals surface area contributed by atoms with Gasteiger partial charge in [0.2, 0.25) is 0 Å². The highest BCUT2D eigenvalue weighted by Crippen LogP contribution is 2.33. The predicted octanol–water partition coefficient (Wildman–Crippen LogP) is 4.46. The average molecular weight is 318 g/mol. The van der Waals surface area contributed by atoms with Crippen molar-refractivity contribution in [2.45, 2.75) is 37.1 Å². The molecule has 3 atom stereocenters. The molecule has 1 aromatic carbocycles. The smallest absolute Gasteiger partial charge is 0.0612 e. The second-order valence-corrected chi connectivity index (χ2v) is 6.16. The van der Waals surface area contributed by atoms with Crippen LogP contribution in [0.15, 0.2) is 24.3 Å². The van der Waals surface area contributed by atoms with Crippen LogP contribution in [0.5, 0.6) is 0 Å². The third-order valence-electron chi connectivity index (χ3n) is 3.50. The van der Waals surface area contributed by atoms with Crippen LogP contribution in [-0.4, -0.2) is 17.5 Å². The quantitative estimate of drug-likeness (QED) is 0.745. The van der Waals surface area contributed by atoms with Crippen LogP contribution >= 0.6 is 27.5 Å². The lowest BCUT2D eigenvalue weighted by Gasteiger charge is -2.22. The van der Waals surface area contributed by atoms with Gasteiger partial charge in [-0.15, -0.1) is 0 Å². The molecule has 0 saturated carbocycles. The lowest BCUT2D eigenvalue weighted by Crippen LogP contribution is -2.25. The molecule has 0 bridgehead atoms. The van der Waals surface area contributed by atoms with Crippen LogP contribution in [-0.2, 0) is 11.2 Å². The Morgan fingerprint density at radius 1 is 1.47 bits per heavy atom. The highest BCUT2D eigenvalue weighted by Gasteiger charge is 2.32. The number of alkyl halides is 1. The van der Waals surface area contributed by atoms with Crippen molar-refractivity contribution in [1.29, 1.82) is 0 Å². The molecular formula is C14H18BrClO. The van der Waals surface area contributed by atoms with Gasteiger partial charge in [0.15, 0.2) is 0 Å². The molecule has 1 nitrogen and oxygen atoms in total. The molecule has 0 aliphatic carbocycles. The molecule has 1 fully saturated rings. The highest BCUT2D eigenvalue weighted by atomic mass is 79.9. The topological polar surface area (TPSA) is 9.23 Å². The fourth-order valence-electron chi connectivity index (χ4n) is 2.52. The van der Waals surface area contributed by atoms with Gasteiger partial charge in [0.25, 0.3) is 0 Å². The lowest BCUT2D eigenvalue weighted by atomic mass is 9.92. The normalized spacial score (nSPS) is 26.1. The third kappa shape index (κ3) is 3.24. The van der Waals surface area contributed by atoms with E-state index in [1.165, 1.54) is 5.56 Å². The number of rotatable bonds is 4. The maximum absolute atomic E-state index is 6.19. The summed E-state index contributed by atoms with van der Waals surface area (Å²) >= 11 is 10.0. The first-order valence-corrected chi connectivity index (χ1v) is 7.50. The van der Waals surface area contributed by atoms with Crippen LogP contribution in [0.1, 0.15) is 25.3 Å². The summed E-state index contributed by atoms with van der Waals surface area (Å²) in [5, 5.41) is 0.865. The van der Waals surface area contributed by atoms with E-state index >= 15 is 0 Å². The van der Waals surface area contributed by atoms with Gasteiger partial charge in [-0.25, -0.2) is 0 Å². The van der Waals surface area contributed by atoms with Gasteiger partial charge in [0.1, 0.15) is 0 Å². The monoisotopic (exact) mass is 316 g/mol. The summed E-state index contributed by atoms with van der Waals surface area (Å²) in [4.78, 5) is 0.454. The highest BCUT2D eigenvalue weighted by molar-refractivity contribution is 9.09. The number of hydrogen-bond acceptors (Lipinski definition) is 1. The van der Waals surface area contributed by atoms with Gasteiger partial charge in [-0.3, -0.25) is 0 Å². The predicted molar refractivity (Wildman–Crippen MR) is 76.0 cm³/mol. The van der Waals surface area contributed by atoms with E-state index in [1.54, 1.807) is 0 Å². The molecule has 94 valence electrons. The summed E-state index contributed by atoms with van der Waals surface area (Å²) in [7, 11) is 0. The zero-order valence-electron chi connectivity index (χ0n) is 10.0. The summed E-state index contributed by atoms with van der Waals surface area (Å²) in [5.41, 5.74) is 1.22. The molecular weight excluding hydrogens is 300 g/mol. The SMILES string of the molecule is CCC1OCCC1C(Br)Cc1ccccc1Cl. The molecule has 1 aromatic rings. The van der Waals surface area contributed by atoms with Crippen LogP contribution in [0.4, 0.5) is 0 Å². The summed E-state index contributed by atoms with van der Waals surface area (Å²) in [6, 6.07) is 8.08. The molecule has 0 spiro atoms. The molecule has 0 radical (unpaired) electrons. The molecule has 17 heavy (non-hydrogen) atoms. The van der Waals surface area contributed by atoms with Crippen molar-refractivity contribution >= 4 is 27.5 Å². The zero-order chi connectivity index (χ0) is 12.3. The Balaban J connectivity index is 2.01. The van der Waals surface area contributed by atoms with E-state index in [9.17, 15) is 0 Å². The van der Waals surface area contributed by atoms with E-state index in [0.717, 1.165) is 30.9 Å². The third-order valence-corrected chi connectivity index (χ3v) is 4.87.